The number of carbonyl (C=O) groups excluding carboxylic acids is 1. The van der Waals surface area contributed by atoms with E-state index >= 15 is 0 Å². The third kappa shape index (κ3) is 9.51. The first-order chi connectivity index (χ1) is 8.39. The molecule has 0 aromatic heterocycles. The molecule has 1 rings (SSSR count). The van der Waals surface area contributed by atoms with Crippen molar-refractivity contribution in [2.75, 3.05) is 5.75 Å². The summed E-state index contributed by atoms with van der Waals surface area (Å²) in [5, 5.41) is 0. The lowest BCUT2D eigenvalue weighted by atomic mass is 10.1. The van der Waals surface area contributed by atoms with Crippen LogP contribution in [-0.2, 0) is 4.79 Å². The molecule has 100 valence electrons. The van der Waals surface area contributed by atoms with Gasteiger partial charge in [0, 0.05) is 12.2 Å². The van der Waals surface area contributed by atoms with Crippen LogP contribution in [0.5, 0.6) is 0 Å². The second kappa shape index (κ2) is 10.9. The van der Waals surface area contributed by atoms with Crippen LogP contribution in [-0.4, -0.2) is 11.7 Å². The predicted molar refractivity (Wildman–Crippen MR) is 76.0 cm³/mol. The highest BCUT2D eigenvalue weighted by atomic mass is 32.2. The Morgan fingerprint density at radius 1 is 0.706 bits per heavy atom. The fraction of sp³-hybridized carbons (Fsp3) is 0.929. The highest BCUT2D eigenvalue weighted by Crippen LogP contribution is 2.13. The highest BCUT2D eigenvalue weighted by molar-refractivity contribution is 7.97. The van der Waals surface area contributed by atoms with Gasteiger partial charge in [-0.2, -0.15) is 0 Å². The molecule has 0 aromatic carbocycles. The minimum Gasteiger partial charge on any atom is -0.300 e. The Hall–Kier alpha value is -0.180. The van der Waals surface area contributed by atoms with Crippen molar-refractivity contribution in [3.63, 3.8) is 0 Å². The van der Waals surface area contributed by atoms with Gasteiger partial charge in [-0.15, -0.1) is 0 Å². The Morgan fingerprint density at radius 3 is 1.76 bits per heavy atom. The zero-order chi connectivity index (χ0) is 12.2. The molecule has 1 heterocycles. The van der Waals surface area contributed by atoms with Crippen molar-refractivity contribution in [2.45, 2.75) is 77.0 Å². The number of rotatable bonds is 0. The first-order valence-electron chi connectivity index (χ1n) is 7.30. The summed E-state index contributed by atoms with van der Waals surface area (Å²) in [5.41, 5.74) is 0. The van der Waals surface area contributed by atoms with Gasteiger partial charge < -0.3 is 4.72 Å². The third-order valence-corrected chi connectivity index (χ3v) is 4.20. The van der Waals surface area contributed by atoms with Crippen molar-refractivity contribution >= 4 is 17.9 Å². The fourth-order valence-electron chi connectivity index (χ4n) is 2.23. The highest BCUT2D eigenvalue weighted by Gasteiger charge is 2.01. The molecule has 0 spiro atoms. The van der Waals surface area contributed by atoms with E-state index in [2.05, 4.69) is 4.72 Å². The number of amides is 1. The molecule has 1 amide bonds. The summed E-state index contributed by atoms with van der Waals surface area (Å²) in [6, 6.07) is 0. The van der Waals surface area contributed by atoms with Crippen molar-refractivity contribution in [3.05, 3.63) is 0 Å². The molecular formula is C14H27NOS. The molecule has 1 aliphatic rings. The number of carbonyl (C=O) groups is 1. The maximum atomic E-state index is 11.4. The number of hydrogen-bond donors (Lipinski definition) is 1. The molecule has 0 aromatic rings. The molecule has 3 heteroatoms. The monoisotopic (exact) mass is 257 g/mol. The topological polar surface area (TPSA) is 29.1 Å². The molecule has 0 unspecified atom stereocenters. The number of hydrogen-bond acceptors (Lipinski definition) is 2. The van der Waals surface area contributed by atoms with Gasteiger partial charge in [-0.3, -0.25) is 4.79 Å². The summed E-state index contributed by atoms with van der Waals surface area (Å²) in [6.07, 6.45) is 15.2. The van der Waals surface area contributed by atoms with Crippen LogP contribution >= 0.6 is 11.9 Å². The van der Waals surface area contributed by atoms with Crippen LogP contribution in [0.2, 0.25) is 0 Å². The molecular weight excluding hydrogens is 230 g/mol. The summed E-state index contributed by atoms with van der Waals surface area (Å²) in [7, 11) is 0. The molecule has 1 fully saturated rings. The van der Waals surface area contributed by atoms with Crippen LogP contribution in [0.4, 0.5) is 0 Å². The quantitative estimate of drug-likeness (QED) is 0.650. The first kappa shape index (κ1) is 14.9. The van der Waals surface area contributed by atoms with Gasteiger partial charge in [-0.25, -0.2) is 0 Å². The van der Waals surface area contributed by atoms with Crippen LogP contribution in [0, 0.1) is 0 Å². The second-order valence-corrected chi connectivity index (χ2v) is 5.91. The van der Waals surface area contributed by atoms with E-state index in [0.29, 0.717) is 6.42 Å². The molecule has 1 N–H and O–H groups in total. The summed E-state index contributed by atoms with van der Waals surface area (Å²) < 4.78 is 2.94. The molecule has 17 heavy (non-hydrogen) atoms. The van der Waals surface area contributed by atoms with E-state index in [1.165, 1.54) is 64.2 Å². The normalized spacial score (nSPS) is 22.9. The van der Waals surface area contributed by atoms with Gasteiger partial charge >= 0.3 is 0 Å². The summed E-state index contributed by atoms with van der Waals surface area (Å²) in [6.45, 7) is 0. The van der Waals surface area contributed by atoms with Gasteiger partial charge in [0.1, 0.15) is 0 Å². The van der Waals surface area contributed by atoms with Gasteiger partial charge in [-0.05, 0) is 12.8 Å². The van der Waals surface area contributed by atoms with Crippen molar-refractivity contribution in [2.24, 2.45) is 0 Å². The van der Waals surface area contributed by atoms with E-state index in [4.69, 9.17) is 0 Å². The molecule has 1 saturated heterocycles. The Labute approximate surface area is 110 Å². The zero-order valence-electron chi connectivity index (χ0n) is 11.0. The molecule has 1 aliphatic heterocycles. The van der Waals surface area contributed by atoms with E-state index in [-0.39, 0.29) is 5.91 Å². The first-order valence-corrected chi connectivity index (χ1v) is 8.29. The molecule has 0 radical (unpaired) electrons. The van der Waals surface area contributed by atoms with Gasteiger partial charge in [-0.1, -0.05) is 69.7 Å². The molecule has 2 nitrogen and oxygen atoms in total. The Morgan fingerprint density at radius 2 is 1.18 bits per heavy atom. The van der Waals surface area contributed by atoms with Gasteiger partial charge in [0.2, 0.25) is 5.91 Å². The van der Waals surface area contributed by atoms with Gasteiger partial charge in [0.15, 0.2) is 0 Å². The third-order valence-electron chi connectivity index (χ3n) is 3.34. The van der Waals surface area contributed by atoms with Crippen molar-refractivity contribution in [1.29, 1.82) is 0 Å². The predicted octanol–water partition coefficient (Wildman–Crippen LogP) is 4.45. The lowest BCUT2D eigenvalue weighted by molar-refractivity contribution is -0.119. The van der Waals surface area contributed by atoms with Crippen LogP contribution < -0.4 is 4.72 Å². The Balaban J connectivity index is 2.11. The average Bonchev–Trinajstić information content (AvgIpc) is 2.32. The number of nitrogens with one attached hydrogen (secondary N) is 1. The van der Waals surface area contributed by atoms with Crippen LogP contribution in [0.3, 0.4) is 0 Å². The molecule has 0 atom stereocenters. The average molecular weight is 257 g/mol. The van der Waals surface area contributed by atoms with E-state index in [1.54, 1.807) is 11.9 Å². The summed E-state index contributed by atoms with van der Waals surface area (Å²) in [4.78, 5) is 11.4. The minimum absolute atomic E-state index is 0.224. The second-order valence-electron chi connectivity index (χ2n) is 5.01. The van der Waals surface area contributed by atoms with Crippen LogP contribution in [0.15, 0.2) is 0 Å². The standard InChI is InChI=1S/C14H27NOS/c16-14-12-10-8-6-4-2-1-3-5-7-9-11-13-17-15-14/h1-13H2,(H,15,16). The van der Waals surface area contributed by atoms with Gasteiger partial charge in [0.05, 0.1) is 0 Å². The van der Waals surface area contributed by atoms with Crippen LogP contribution in [0.25, 0.3) is 0 Å². The SMILES string of the molecule is O=C1CCCCCCCCCCCCCSN1. The maximum absolute atomic E-state index is 11.4. The van der Waals surface area contributed by atoms with E-state index in [0.717, 1.165) is 12.2 Å². The summed E-state index contributed by atoms with van der Waals surface area (Å²) >= 11 is 1.60. The van der Waals surface area contributed by atoms with Crippen LogP contribution in [0.1, 0.15) is 77.0 Å². The fourth-order valence-corrected chi connectivity index (χ4v) is 2.95. The molecule has 0 saturated carbocycles. The van der Waals surface area contributed by atoms with Gasteiger partial charge in [0.25, 0.3) is 0 Å². The van der Waals surface area contributed by atoms with Crippen molar-refractivity contribution < 1.29 is 4.79 Å². The van der Waals surface area contributed by atoms with E-state index in [1.807, 2.05) is 0 Å². The van der Waals surface area contributed by atoms with E-state index in [9.17, 15) is 4.79 Å². The Kier molecular flexibility index (Phi) is 9.58. The molecule has 0 bridgehead atoms. The van der Waals surface area contributed by atoms with Crippen molar-refractivity contribution in [3.8, 4) is 0 Å². The largest absolute Gasteiger partial charge is 0.300 e. The molecule has 0 aliphatic carbocycles. The smallest absolute Gasteiger partial charge is 0.229 e. The minimum atomic E-state index is 0.224. The lowest BCUT2D eigenvalue weighted by Gasteiger charge is -2.06. The zero-order valence-corrected chi connectivity index (χ0v) is 11.8. The lowest BCUT2D eigenvalue weighted by Crippen LogP contribution is -2.15. The Bertz CT molecular complexity index is 179. The van der Waals surface area contributed by atoms with E-state index < -0.39 is 0 Å². The van der Waals surface area contributed by atoms with Crippen molar-refractivity contribution in [1.82, 2.24) is 4.72 Å². The maximum Gasteiger partial charge on any atom is 0.229 e. The summed E-state index contributed by atoms with van der Waals surface area (Å²) in [5.74, 6) is 1.30.